The van der Waals surface area contributed by atoms with Gasteiger partial charge in [0.05, 0.1) is 10.6 Å². The summed E-state index contributed by atoms with van der Waals surface area (Å²) in [5.41, 5.74) is 3.00. The minimum Gasteiger partial charge on any atom is -0.354 e. The molecular weight excluding hydrogens is 466 g/mol. The van der Waals surface area contributed by atoms with Crippen LogP contribution in [-0.4, -0.2) is 42.7 Å². The van der Waals surface area contributed by atoms with Crippen molar-refractivity contribution < 1.29 is 13.2 Å². The van der Waals surface area contributed by atoms with Crippen molar-refractivity contribution in [2.75, 3.05) is 13.1 Å². The number of amides is 1. The molecule has 6 nitrogen and oxygen atoms in total. The third kappa shape index (κ3) is 5.40. The molecule has 0 bridgehead atoms. The van der Waals surface area contributed by atoms with Crippen molar-refractivity contribution in [1.29, 1.82) is 0 Å². The molecule has 0 aliphatic carbocycles. The van der Waals surface area contributed by atoms with E-state index in [4.69, 9.17) is 0 Å². The summed E-state index contributed by atoms with van der Waals surface area (Å²) in [5.74, 6) is -0.245. The number of carbonyl (C=O) groups excluding carboxylic acids is 1. The number of nitrogens with one attached hydrogen (secondary N) is 1. The highest BCUT2D eigenvalue weighted by molar-refractivity contribution is 7.89. The molecule has 180 valence electrons. The van der Waals surface area contributed by atoms with Crippen molar-refractivity contribution >= 4 is 27.3 Å². The fourth-order valence-electron chi connectivity index (χ4n) is 4.12. The molecule has 0 spiro atoms. The van der Waals surface area contributed by atoms with E-state index < -0.39 is 16.1 Å². The number of sulfonamides is 1. The van der Waals surface area contributed by atoms with Gasteiger partial charge in [-0.3, -0.25) is 4.79 Å². The molecule has 1 aromatic heterocycles. The lowest BCUT2D eigenvalue weighted by Gasteiger charge is -2.24. The lowest BCUT2D eigenvalue weighted by atomic mass is 9.87. The molecule has 3 aromatic rings. The average molecular weight is 498 g/mol. The number of nitrogens with zero attached hydrogens (tertiary/aromatic N) is 2. The molecule has 1 saturated heterocycles. The summed E-state index contributed by atoms with van der Waals surface area (Å²) in [6.07, 6.45) is 1.80. The topological polar surface area (TPSA) is 79.4 Å². The van der Waals surface area contributed by atoms with Crippen LogP contribution in [0.25, 0.3) is 10.6 Å². The van der Waals surface area contributed by atoms with Gasteiger partial charge in [-0.1, -0.05) is 63.2 Å². The van der Waals surface area contributed by atoms with E-state index >= 15 is 0 Å². The van der Waals surface area contributed by atoms with E-state index in [0.29, 0.717) is 32.4 Å². The summed E-state index contributed by atoms with van der Waals surface area (Å²) in [7, 11) is -3.74. The largest absolute Gasteiger partial charge is 0.354 e. The Morgan fingerprint density at radius 3 is 2.50 bits per heavy atom. The van der Waals surface area contributed by atoms with Gasteiger partial charge in [-0.05, 0) is 36.0 Å². The van der Waals surface area contributed by atoms with Gasteiger partial charge in [0.1, 0.15) is 11.0 Å². The van der Waals surface area contributed by atoms with Crippen LogP contribution in [-0.2, 0) is 26.7 Å². The molecule has 8 heteroatoms. The highest BCUT2D eigenvalue weighted by atomic mass is 32.2. The Kier molecular flexibility index (Phi) is 7.21. The van der Waals surface area contributed by atoms with E-state index in [-0.39, 0.29) is 16.2 Å². The maximum absolute atomic E-state index is 13.3. The second kappa shape index (κ2) is 9.98. The van der Waals surface area contributed by atoms with E-state index in [2.05, 4.69) is 31.1 Å². The molecule has 1 aliphatic heterocycles. The molecule has 2 aromatic carbocycles. The molecule has 0 radical (unpaired) electrons. The maximum Gasteiger partial charge on any atom is 0.243 e. The Hall–Kier alpha value is -2.55. The van der Waals surface area contributed by atoms with Gasteiger partial charge in [-0.15, -0.1) is 11.3 Å². The summed E-state index contributed by atoms with van der Waals surface area (Å²) in [6, 6.07) is 16.3. The molecule has 1 amide bonds. The molecule has 1 fully saturated rings. The van der Waals surface area contributed by atoms with Crippen LogP contribution in [0.1, 0.15) is 44.9 Å². The fraction of sp³-hybridized carbons (Fsp3) is 0.385. The van der Waals surface area contributed by atoms with Crippen LogP contribution in [0.5, 0.6) is 0 Å². The van der Waals surface area contributed by atoms with Crippen LogP contribution in [0, 0.1) is 0 Å². The third-order valence-electron chi connectivity index (χ3n) is 6.09. The van der Waals surface area contributed by atoms with Gasteiger partial charge in [0.2, 0.25) is 15.9 Å². The number of rotatable bonds is 7. The second-order valence-electron chi connectivity index (χ2n) is 9.60. The standard InChI is InChI=1S/C26H31N3O3S2/c1-26(2,3)20-11-13-22(14-12-20)34(31,32)29-17-7-10-23(29)24(30)27-16-15-21-18-33-25(28-21)19-8-5-4-6-9-19/h4-6,8-9,11-14,18,23H,7,10,15-17H2,1-3H3,(H,27,30). The second-order valence-corrected chi connectivity index (χ2v) is 12.3. The molecule has 1 unspecified atom stereocenters. The Morgan fingerprint density at radius 1 is 1.12 bits per heavy atom. The number of hydrogen-bond donors (Lipinski definition) is 1. The van der Waals surface area contributed by atoms with Gasteiger partial charge in [-0.25, -0.2) is 13.4 Å². The monoisotopic (exact) mass is 497 g/mol. The van der Waals surface area contributed by atoms with E-state index in [1.807, 2.05) is 47.8 Å². The molecule has 2 heterocycles. The smallest absolute Gasteiger partial charge is 0.243 e. The van der Waals surface area contributed by atoms with Crippen LogP contribution >= 0.6 is 11.3 Å². The first-order valence-corrected chi connectivity index (χ1v) is 13.9. The zero-order valence-corrected chi connectivity index (χ0v) is 21.5. The minimum absolute atomic E-state index is 0.0580. The number of benzene rings is 2. The molecular formula is C26H31N3O3S2. The zero-order chi connectivity index (χ0) is 24.3. The van der Waals surface area contributed by atoms with Crippen molar-refractivity contribution in [3.05, 3.63) is 71.2 Å². The SMILES string of the molecule is CC(C)(C)c1ccc(S(=O)(=O)N2CCCC2C(=O)NCCc2csc(-c3ccccc3)n2)cc1. The summed E-state index contributed by atoms with van der Waals surface area (Å²) in [5, 5.41) is 5.88. The number of hydrogen-bond acceptors (Lipinski definition) is 5. The van der Waals surface area contributed by atoms with Crippen LogP contribution in [0.4, 0.5) is 0 Å². The van der Waals surface area contributed by atoms with Gasteiger partial charge in [-0.2, -0.15) is 4.31 Å². The zero-order valence-electron chi connectivity index (χ0n) is 19.8. The van der Waals surface area contributed by atoms with E-state index in [1.54, 1.807) is 23.5 Å². The lowest BCUT2D eigenvalue weighted by Crippen LogP contribution is -2.46. The van der Waals surface area contributed by atoms with E-state index in [0.717, 1.165) is 21.8 Å². The summed E-state index contributed by atoms with van der Waals surface area (Å²) in [6.45, 7) is 7.04. The van der Waals surface area contributed by atoms with Gasteiger partial charge in [0.25, 0.3) is 0 Å². The Labute approximate surface area is 206 Å². The molecule has 1 atom stereocenters. The first kappa shape index (κ1) is 24.6. The van der Waals surface area contributed by atoms with Gasteiger partial charge in [0.15, 0.2) is 0 Å². The average Bonchev–Trinajstić information content (AvgIpc) is 3.50. The molecule has 4 rings (SSSR count). The van der Waals surface area contributed by atoms with Gasteiger partial charge in [0, 0.05) is 30.5 Å². The van der Waals surface area contributed by atoms with E-state index in [9.17, 15) is 13.2 Å². The summed E-state index contributed by atoms with van der Waals surface area (Å²) in [4.78, 5) is 17.8. The van der Waals surface area contributed by atoms with Crippen molar-refractivity contribution in [3.63, 3.8) is 0 Å². The predicted octanol–water partition coefficient (Wildman–Crippen LogP) is 4.62. The van der Waals surface area contributed by atoms with Gasteiger partial charge < -0.3 is 5.32 Å². The Balaban J connectivity index is 1.37. The maximum atomic E-state index is 13.3. The first-order chi connectivity index (χ1) is 16.2. The van der Waals surface area contributed by atoms with E-state index in [1.165, 1.54) is 4.31 Å². The van der Waals surface area contributed by atoms with Crippen LogP contribution in [0.3, 0.4) is 0 Å². The van der Waals surface area contributed by atoms with Gasteiger partial charge >= 0.3 is 0 Å². The Bertz CT molecular complexity index is 1230. The molecule has 1 aliphatic rings. The number of carbonyl (C=O) groups is 1. The highest BCUT2D eigenvalue weighted by Gasteiger charge is 2.39. The van der Waals surface area contributed by atoms with Crippen LogP contribution in [0.15, 0.2) is 64.9 Å². The molecule has 34 heavy (non-hydrogen) atoms. The lowest BCUT2D eigenvalue weighted by molar-refractivity contribution is -0.124. The van der Waals surface area contributed by atoms with Crippen molar-refractivity contribution in [3.8, 4) is 10.6 Å². The fourth-order valence-corrected chi connectivity index (χ4v) is 6.64. The number of aromatic nitrogens is 1. The first-order valence-electron chi connectivity index (χ1n) is 11.6. The van der Waals surface area contributed by atoms with Crippen LogP contribution < -0.4 is 5.32 Å². The summed E-state index contributed by atoms with van der Waals surface area (Å²) < 4.78 is 27.9. The quantitative estimate of drug-likeness (QED) is 0.517. The van der Waals surface area contributed by atoms with Crippen molar-refractivity contribution in [2.24, 2.45) is 0 Å². The highest BCUT2D eigenvalue weighted by Crippen LogP contribution is 2.29. The summed E-state index contributed by atoms with van der Waals surface area (Å²) >= 11 is 1.58. The molecule has 0 saturated carbocycles. The van der Waals surface area contributed by atoms with Crippen LogP contribution in [0.2, 0.25) is 0 Å². The Morgan fingerprint density at radius 2 is 1.82 bits per heavy atom. The normalized spacial score (nSPS) is 17.1. The van der Waals surface area contributed by atoms with Crippen molar-refractivity contribution in [2.45, 2.75) is 56.4 Å². The predicted molar refractivity (Wildman–Crippen MR) is 136 cm³/mol. The number of thiazole rings is 1. The van der Waals surface area contributed by atoms with Crippen molar-refractivity contribution in [1.82, 2.24) is 14.6 Å². The third-order valence-corrected chi connectivity index (χ3v) is 8.95. The molecule has 1 N–H and O–H groups in total. The minimum atomic E-state index is -3.74.